The summed E-state index contributed by atoms with van der Waals surface area (Å²) >= 11 is 1.58. The molecule has 0 fully saturated rings. The van der Waals surface area contributed by atoms with Gasteiger partial charge in [0.05, 0.1) is 13.7 Å². The van der Waals surface area contributed by atoms with Crippen molar-refractivity contribution >= 4 is 32.4 Å². The van der Waals surface area contributed by atoms with Crippen LogP contribution in [0, 0.1) is 0 Å². The zero-order valence-corrected chi connectivity index (χ0v) is 15.1. The number of hydrogen-bond acceptors (Lipinski definition) is 6. The molecule has 0 saturated heterocycles. The molecule has 0 aliphatic carbocycles. The van der Waals surface area contributed by atoms with E-state index in [9.17, 15) is 9.90 Å². The maximum absolute atomic E-state index is 12.7. The molecule has 2 aromatic heterocycles. The minimum absolute atomic E-state index is 0.0774. The van der Waals surface area contributed by atoms with E-state index in [0.717, 1.165) is 15.6 Å². The first kappa shape index (κ1) is 16.5. The molecule has 0 amide bonds. The van der Waals surface area contributed by atoms with Crippen molar-refractivity contribution in [3.05, 3.63) is 52.0 Å². The van der Waals surface area contributed by atoms with Crippen LogP contribution in [0.15, 0.2) is 51.0 Å². The van der Waals surface area contributed by atoms with E-state index in [1.165, 1.54) is 13.2 Å². The molecular formula is C20H16O5S. The molecule has 6 heteroatoms. The van der Waals surface area contributed by atoms with Crippen LogP contribution in [0.1, 0.15) is 6.92 Å². The van der Waals surface area contributed by atoms with Crippen molar-refractivity contribution in [1.29, 1.82) is 0 Å². The Balaban J connectivity index is 2.01. The summed E-state index contributed by atoms with van der Waals surface area (Å²) < 4.78 is 17.8. The maximum Gasteiger partial charge on any atom is 0.204 e. The van der Waals surface area contributed by atoms with Gasteiger partial charge in [-0.05, 0) is 13.0 Å². The van der Waals surface area contributed by atoms with Crippen molar-refractivity contribution in [2.75, 3.05) is 13.7 Å². The largest absolute Gasteiger partial charge is 0.504 e. The first-order valence-corrected chi connectivity index (χ1v) is 8.99. The van der Waals surface area contributed by atoms with Gasteiger partial charge < -0.3 is 19.0 Å². The van der Waals surface area contributed by atoms with Crippen molar-refractivity contribution in [3.63, 3.8) is 0 Å². The van der Waals surface area contributed by atoms with Gasteiger partial charge in [0, 0.05) is 33.2 Å². The van der Waals surface area contributed by atoms with Gasteiger partial charge in [-0.1, -0.05) is 18.2 Å². The van der Waals surface area contributed by atoms with Crippen LogP contribution >= 0.6 is 11.3 Å². The molecule has 4 rings (SSSR count). The highest BCUT2D eigenvalue weighted by Crippen LogP contribution is 2.43. The maximum atomic E-state index is 12.7. The normalized spacial score (nSPS) is 11.2. The molecular weight excluding hydrogens is 352 g/mol. The zero-order chi connectivity index (χ0) is 18.3. The van der Waals surface area contributed by atoms with Gasteiger partial charge >= 0.3 is 0 Å². The van der Waals surface area contributed by atoms with Gasteiger partial charge in [0.25, 0.3) is 0 Å². The Morgan fingerprint density at radius 1 is 1.23 bits per heavy atom. The molecule has 2 aromatic carbocycles. The van der Waals surface area contributed by atoms with Gasteiger partial charge in [0.1, 0.15) is 16.7 Å². The fraction of sp³-hybridized carbons (Fsp3) is 0.150. The first-order chi connectivity index (χ1) is 12.6. The van der Waals surface area contributed by atoms with E-state index in [4.69, 9.17) is 13.9 Å². The average Bonchev–Trinajstić information content (AvgIpc) is 3.06. The molecule has 26 heavy (non-hydrogen) atoms. The lowest BCUT2D eigenvalue weighted by atomic mass is 10.1. The number of rotatable bonds is 4. The molecule has 0 aliphatic rings. The molecule has 0 radical (unpaired) electrons. The molecule has 0 spiro atoms. The fourth-order valence-electron chi connectivity index (χ4n) is 3.02. The second-order valence-corrected chi connectivity index (χ2v) is 6.59. The number of phenolic OH excluding ortho intramolecular Hbond substituents is 1. The summed E-state index contributed by atoms with van der Waals surface area (Å²) in [5, 5.41) is 13.5. The van der Waals surface area contributed by atoms with Crippen LogP contribution in [-0.4, -0.2) is 18.8 Å². The lowest BCUT2D eigenvalue weighted by Gasteiger charge is -2.12. The van der Waals surface area contributed by atoms with Crippen LogP contribution in [0.3, 0.4) is 0 Å². The topological polar surface area (TPSA) is 68.9 Å². The van der Waals surface area contributed by atoms with Crippen LogP contribution in [0.2, 0.25) is 0 Å². The standard InChI is InChI=1S/C20H16O5S/c1-3-24-16-9-15-18(19(22)20(16)23-2)13(21)8-14(25-15)12-10-26-17-7-5-4-6-11(12)17/h4-10,22H,3H2,1-2H3. The average molecular weight is 368 g/mol. The van der Waals surface area contributed by atoms with Crippen molar-refractivity contribution in [2.45, 2.75) is 6.92 Å². The highest BCUT2D eigenvalue weighted by Gasteiger charge is 2.20. The number of ether oxygens (including phenoxy) is 2. The predicted molar refractivity (Wildman–Crippen MR) is 103 cm³/mol. The molecule has 2 heterocycles. The number of methoxy groups -OCH3 is 1. The molecule has 5 nitrogen and oxygen atoms in total. The molecule has 132 valence electrons. The number of benzene rings is 2. The van der Waals surface area contributed by atoms with Gasteiger partial charge in [-0.3, -0.25) is 4.79 Å². The second kappa shape index (κ2) is 6.38. The zero-order valence-electron chi connectivity index (χ0n) is 14.2. The van der Waals surface area contributed by atoms with Crippen molar-refractivity contribution in [1.82, 2.24) is 0 Å². The third-order valence-electron chi connectivity index (χ3n) is 4.16. The number of fused-ring (bicyclic) bond motifs is 2. The Bertz CT molecular complexity index is 1170. The summed E-state index contributed by atoms with van der Waals surface area (Å²) in [5.41, 5.74) is 0.762. The number of aromatic hydroxyl groups is 1. The molecule has 0 saturated carbocycles. The molecule has 0 bridgehead atoms. The van der Waals surface area contributed by atoms with E-state index in [1.807, 2.05) is 36.6 Å². The van der Waals surface area contributed by atoms with Crippen molar-refractivity contribution in [3.8, 4) is 28.6 Å². The highest BCUT2D eigenvalue weighted by atomic mass is 32.1. The molecule has 0 unspecified atom stereocenters. The summed E-state index contributed by atoms with van der Waals surface area (Å²) in [7, 11) is 1.41. The Hall–Kier alpha value is -2.99. The third kappa shape index (κ3) is 2.50. The Labute approximate surface area is 153 Å². The van der Waals surface area contributed by atoms with Gasteiger partial charge in [-0.25, -0.2) is 0 Å². The van der Waals surface area contributed by atoms with E-state index in [-0.39, 0.29) is 27.9 Å². The Morgan fingerprint density at radius 3 is 2.81 bits per heavy atom. The number of phenols is 1. The minimum atomic E-state index is -0.338. The van der Waals surface area contributed by atoms with Gasteiger partial charge in [0.15, 0.2) is 16.9 Å². The molecule has 0 atom stereocenters. The summed E-state index contributed by atoms with van der Waals surface area (Å²) in [6.07, 6.45) is 0. The van der Waals surface area contributed by atoms with E-state index in [1.54, 1.807) is 17.4 Å². The molecule has 4 aromatic rings. The summed E-state index contributed by atoms with van der Waals surface area (Å²) in [6.45, 7) is 2.21. The lowest BCUT2D eigenvalue weighted by Crippen LogP contribution is -2.03. The summed E-state index contributed by atoms with van der Waals surface area (Å²) in [5.74, 6) is 0.631. The minimum Gasteiger partial charge on any atom is -0.504 e. The SMILES string of the molecule is CCOc1cc2oc(-c3csc4ccccc34)cc(=O)c2c(O)c1OC. The van der Waals surface area contributed by atoms with Crippen LogP contribution in [0.5, 0.6) is 17.2 Å². The Morgan fingerprint density at radius 2 is 2.04 bits per heavy atom. The van der Waals surface area contributed by atoms with E-state index in [0.29, 0.717) is 18.1 Å². The fourth-order valence-corrected chi connectivity index (χ4v) is 3.97. The third-order valence-corrected chi connectivity index (χ3v) is 5.13. The smallest absolute Gasteiger partial charge is 0.204 e. The van der Waals surface area contributed by atoms with Crippen LogP contribution in [0.4, 0.5) is 0 Å². The van der Waals surface area contributed by atoms with Crippen LogP contribution in [0.25, 0.3) is 32.4 Å². The second-order valence-electron chi connectivity index (χ2n) is 5.68. The van der Waals surface area contributed by atoms with Crippen molar-refractivity contribution < 1.29 is 19.0 Å². The number of thiophene rings is 1. The van der Waals surface area contributed by atoms with Gasteiger partial charge in [-0.15, -0.1) is 11.3 Å². The van der Waals surface area contributed by atoms with Crippen molar-refractivity contribution in [2.24, 2.45) is 0 Å². The predicted octanol–water partition coefficient (Wildman–Crippen LogP) is 4.79. The van der Waals surface area contributed by atoms with Crippen LogP contribution < -0.4 is 14.9 Å². The summed E-state index contributed by atoms with van der Waals surface area (Å²) in [6, 6.07) is 10.9. The van der Waals surface area contributed by atoms with Gasteiger partial charge in [-0.2, -0.15) is 0 Å². The Kier molecular flexibility index (Phi) is 4.05. The monoisotopic (exact) mass is 368 g/mol. The van der Waals surface area contributed by atoms with E-state index < -0.39 is 0 Å². The number of hydrogen-bond donors (Lipinski definition) is 1. The quantitative estimate of drug-likeness (QED) is 0.561. The lowest BCUT2D eigenvalue weighted by molar-refractivity contribution is 0.301. The molecule has 1 N–H and O–H groups in total. The first-order valence-electron chi connectivity index (χ1n) is 8.11. The molecule has 0 aliphatic heterocycles. The van der Waals surface area contributed by atoms with Crippen LogP contribution in [-0.2, 0) is 0 Å². The summed E-state index contributed by atoms with van der Waals surface area (Å²) in [4.78, 5) is 12.7. The van der Waals surface area contributed by atoms with E-state index >= 15 is 0 Å². The van der Waals surface area contributed by atoms with Gasteiger partial charge in [0.2, 0.25) is 5.75 Å². The highest BCUT2D eigenvalue weighted by molar-refractivity contribution is 7.17. The van der Waals surface area contributed by atoms with E-state index in [2.05, 4.69) is 0 Å².